The number of hydrogen-bond acceptors (Lipinski definition) is 5. The van der Waals surface area contributed by atoms with Gasteiger partial charge >= 0.3 is 5.97 Å². The zero-order chi connectivity index (χ0) is 16.4. The van der Waals surface area contributed by atoms with Gasteiger partial charge in [-0.1, -0.05) is 0 Å². The molecule has 1 unspecified atom stereocenters. The molecule has 0 saturated carbocycles. The molecule has 23 heavy (non-hydrogen) atoms. The van der Waals surface area contributed by atoms with Crippen LogP contribution in [0.5, 0.6) is 0 Å². The highest BCUT2D eigenvalue weighted by Crippen LogP contribution is 2.41. The summed E-state index contributed by atoms with van der Waals surface area (Å²) in [5.41, 5.74) is 0.845. The predicted molar refractivity (Wildman–Crippen MR) is 88.0 cm³/mol. The van der Waals surface area contributed by atoms with Crippen molar-refractivity contribution in [3.63, 3.8) is 0 Å². The Balaban J connectivity index is 1.60. The summed E-state index contributed by atoms with van der Waals surface area (Å²) in [5, 5.41) is 6.12. The van der Waals surface area contributed by atoms with Crippen LogP contribution in [0, 0.1) is 12.3 Å². The maximum Gasteiger partial charge on any atom is 0.312 e. The molecule has 2 N–H and O–H groups in total. The molecule has 3 rings (SSSR count). The number of piperidine rings is 1. The van der Waals surface area contributed by atoms with Crippen molar-refractivity contribution in [1.82, 2.24) is 15.6 Å². The van der Waals surface area contributed by atoms with Crippen LogP contribution >= 0.6 is 15.9 Å². The number of aromatic nitrogens is 1. The molecular weight excluding hydrogens is 362 g/mol. The van der Waals surface area contributed by atoms with Gasteiger partial charge in [0.15, 0.2) is 0 Å². The molecule has 0 aromatic carbocycles. The number of amides is 1. The summed E-state index contributed by atoms with van der Waals surface area (Å²) in [7, 11) is 0. The fraction of sp³-hybridized carbons (Fsp3) is 0.562. The summed E-state index contributed by atoms with van der Waals surface area (Å²) in [5.74, 6) is -0.308. The Morgan fingerprint density at radius 3 is 3.00 bits per heavy atom. The van der Waals surface area contributed by atoms with Crippen LogP contribution in [0.3, 0.4) is 0 Å². The van der Waals surface area contributed by atoms with Gasteiger partial charge in [0.2, 0.25) is 0 Å². The Labute approximate surface area is 143 Å². The monoisotopic (exact) mass is 381 g/mol. The molecule has 1 atom stereocenters. The average Bonchev–Trinajstić information content (AvgIpc) is 2.84. The highest BCUT2D eigenvalue weighted by molar-refractivity contribution is 9.10. The summed E-state index contributed by atoms with van der Waals surface area (Å²) < 4.78 is 6.25. The highest BCUT2D eigenvalue weighted by atomic mass is 79.9. The Kier molecular flexibility index (Phi) is 4.68. The Morgan fingerprint density at radius 2 is 2.26 bits per heavy atom. The molecule has 2 aliphatic heterocycles. The van der Waals surface area contributed by atoms with Crippen LogP contribution in [-0.4, -0.2) is 42.6 Å². The predicted octanol–water partition coefficient (Wildman–Crippen LogP) is 1.57. The second-order valence-electron chi connectivity index (χ2n) is 6.26. The Hall–Kier alpha value is -1.47. The largest absolute Gasteiger partial charge is 0.460 e. The second kappa shape index (κ2) is 6.57. The fourth-order valence-electron chi connectivity index (χ4n) is 3.30. The van der Waals surface area contributed by atoms with Crippen molar-refractivity contribution in [2.24, 2.45) is 5.41 Å². The third-order valence-electron chi connectivity index (χ3n) is 4.67. The minimum atomic E-state index is -0.353. The van der Waals surface area contributed by atoms with Gasteiger partial charge in [0.1, 0.15) is 6.10 Å². The minimum Gasteiger partial charge on any atom is -0.460 e. The van der Waals surface area contributed by atoms with E-state index in [1.807, 2.05) is 0 Å². The lowest BCUT2D eigenvalue weighted by atomic mass is 9.76. The smallest absolute Gasteiger partial charge is 0.312 e. The molecule has 1 aromatic rings. The van der Waals surface area contributed by atoms with E-state index in [1.54, 1.807) is 19.2 Å². The fourth-order valence-corrected chi connectivity index (χ4v) is 3.64. The minimum absolute atomic E-state index is 0.112. The van der Waals surface area contributed by atoms with Crippen LogP contribution in [0.25, 0.3) is 0 Å². The standard InChI is InChI=1S/C16H20BrN3O3/c1-10-13(6-11(17)8-19-10)14(21)20-9-12-7-16(15(22)23-12)2-4-18-5-3-16/h6,8,12,18H,2-5,7,9H2,1H3,(H,20,21). The SMILES string of the molecule is Cc1ncc(Br)cc1C(=O)NCC1CC2(CCNCC2)C(=O)O1. The summed E-state index contributed by atoms with van der Waals surface area (Å²) >= 11 is 3.32. The second-order valence-corrected chi connectivity index (χ2v) is 7.17. The van der Waals surface area contributed by atoms with Gasteiger partial charge in [-0.15, -0.1) is 0 Å². The van der Waals surface area contributed by atoms with E-state index in [4.69, 9.17) is 4.74 Å². The van der Waals surface area contributed by atoms with E-state index in [-0.39, 0.29) is 23.4 Å². The van der Waals surface area contributed by atoms with Gasteiger partial charge in [-0.2, -0.15) is 0 Å². The lowest BCUT2D eigenvalue weighted by molar-refractivity contribution is -0.149. The molecule has 0 aliphatic carbocycles. The maximum atomic E-state index is 12.3. The van der Waals surface area contributed by atoms with E-state index >= 15 is 0 Å². The van der Waals surface area contributed by atoms with Gasteiger partial charge in [0.25, 0.3) is 5.91 Å². The Bertz CT molecular complexity index is 629. The van der Waals surface area contributed by atoms with Crippen LogP contribution in [-0.2, 0) is 9.53 Å². The zero-order valence-corrected chi connectivity index (χ0v) is 14.6. The number of ether oxygens (including phenoxy) is 1. The lowest BCUT2D eigenvalue weighted by Gasteiger charge is -2.29. The van der Waals surface area contributed by atoms with Gasteiger partial charge in [0, 0.05) is 17.1 Å². The van der Waals surface area contributed by atoms with Crippen molar-refractivity contribution in [2.75, 3.05) is 19.6 Å². The molecule has 1 spiro atoms. The summed E-state index contributed by atoms with van der Waals surface area (Å²) in [6, 6.07) is 1.74. The first-order chi connectivity index (χ1) is 11.0. The van der Waals surface area contributed by atoms with E-state index in [0.717, 1.165) is 30.4 Å². The molecule has 0 radical (unpaired) electrons. The number of aryl methyl sites for hydroxylation is 1. The first-order valence-electron chi connectivity index (χ1n) is 7.82. The van der Waals surface area contributed by atoms with E-state index in [1.165, 1.54) is 0 Å². The number of nitrogens with zero attached hydrogens (tertiary/aromatic N) is 1. The van der Waals surface area contributed by atoms with Crippen LogP contribution in [0.2, 0.25) is 0 Å². The maximum absolute atomic E-state index is 12.3. The number of nitrogens with one attached hydrogen (secondary N) is 2. The normalized spacial score (nSPS) is 22.9. The third-order valence-corrected chi connectivity index (χ3v) is 5.11. The number of rotatable bonds is 3. The van der Waals surface area contributed by atoms with Crippen molar-refractivity contribution in [3.05, 3.63) is 28.0 Å². The lowest BCUT2D eigenvalue weighted by Crippen LogP contribution is -2.39. The molecular formula is C16H20BrN3O3. The number of cyclic esters (lactones) is 1. The van der Waals surface area contributed by atoms with Crippen LogP contribution < -0.4 is 10.6 Å². The van der Waals surface area contributed by atoms with Gasteiger partial charge < -0.3 is 15.4 Å². The van der Waals surface area contributed by atoms with Crippen LogP contribution in [0.1, 0.15) is 35.3 Å². The first kappa shape index (κ1) is 16.4. The summed E-state index contributed by atoms with van der Waals surface area (Å²) in [4.78, 5) is 28.7. The summed E-state index contributed by atoms with van der Waals surface area (Å²) in [6.45, 7) is 3.82. The van der Waals surface area contributed by atoms with E-state index in [9.17, 15) is 9.59 Å². The van der Waals surface area contributed by atoms with Gasteiger partial charge in [-0.3, -0.25) is 14.6 Å². The van der Waals surface area contributed by atoms with E-state index < -0.39 is 0 Å². The molecule has 6 nitrogen and oxygen atoms in total. The quantitative estimate of drug-likeness (QED) is 0.776. The van der Waals surface area contributed by atoms with Gasteiger partial charge in [-0.25, -0.2) is 0 Å². The number of esters is 1. The van der Waals surface area contributed by atoms with Crippen molar-refractivity contribution in [2.45, 2.75) is 32.3 Å². The first-order valence-corrected chi connectivity index (χ1v) is 8.62. The van der Waals surface area contributed by atoms with Crippen molar-refractivity contribution in [3.8, 4) is 0 Å². The van der Waals surface area contributed by atoms with Crippen LogP contribution in [0.15, 0.2) is 16.7 Å². The molecule has 1 amide bonds. The topological polar surface area (TPSA) is 80.3 Å². The molecule has 2 aliphatic rings. The number of carbonyl (C=O) groups is 2. The summed E-state index contributed by atoms with van der Waals surface area (Å²) in [6.07, 6.45) is 3.72. The zero-order valence-electron chi connectivity index (χ0n) is 13.0. The van der Waals surface area contributed by atoms with Crippen molar-refractivity contribution >= 4 is 27.8 Å². The van der Waals surface area contributed by atoms with Crippen molar-refractivity contribution in [1.29, 1.82) is 0 Å². The van der Waals surface area contributed by atoms with Gasteiger partial charge in [-0.05, 0) is 54.9 Å². The van der Waals surface area contributed by atoms with Crippen LogP contribution in [0.4, 0.5) is 0 Å². The number of hydrogen-bond donors (Lipinski definition) is 2. The molecule has 2 saturated heterocycles. The van der Waals surface area contributed by atoms with Crippen molar-refractivity contribution < 1.29 is 14.3 Å². The van der Waals surface area contributed by atoms with E-state index in [0.29, 0.717) is 24.2 Å². The molecule has 7 heteroatoms. The third kappa shape index (κ3) is 3.40. The number of pyridine rings is 1. The molecule has 124 valence electrons. The van der Waals surface area contributed by atoms with E-state index in [2.05, 4.69) is 31.5 Å². The Morgan fingerprint density at radius 1 is 1.52 bits per heavy atom. The highest BCUT2D eigenvalue weighted by Gasteiger charge is 2.49. The molecule has 0 bridgehead atoms. The molecule has 3 heterocycles. The molecule has 2 fully saturated rings. The number of halogens is 1. The number of carbonyl (C=O) groups excluding carboxylic acids is 2. The van der Waals surface area contributed by atoms with Gasteiger partial charge in [0.05, 0.1) is 23.2 Å². The molecule has 1 aromatic heterocycles. The average molecular weight is 382 g/mol.